The summed E-state index contributed by atoms with van der Waals surface area (Å²) in [6, 6.07) is 14.7. The summed E-state index contributed by atoms with van der Waals surface area (Å²) in [6.45, 7) is 8.80. The van der Waals surface area contributed by atoms with Crippen LogP contribution >= 0.6 is 0 Å². The van der Waals surface area contributed by atoms with Crippen molar-refractivity contribution < 1.29 is 4.74 Å². The zero-order chi connectivity index (χ0) is 14.4. The van der Waals surface area contributed by atoms with Gasteiger partial charge < -0.3 is 10.1 Å². The Bertz CT molecular complexity index is 543. The molecule has 106 valence electrons. The number of hydrogen-bond acceptors (Lipinski definition) is 2. The van der Waals surface area contributed by atoms with Gasteiger partial charge in [-0.3, -0.25) is 0 Å². The highest BCUT2D eigenvalue weighted by molar-refractivity contribution is 5.33. The highest BCUT2D eigenvalue weighted by Crippen LogP contribution is 2.15. The third-order valence-electron chi connectivity index (χ3n) is 3.48. The average Bonchev–Trinajstić information content (AvgIpc) is 2.43. The SMILES string of the molecule is CCOc1cccc(CNCc2c(C)cccc2C)c1. The van der Waals surface area contributed by atoms with Crippen LogP contribution in [-0.2, 0) is 13.1 Å². The predicted octanol–water partition coefficient (Wildman–Crippen LogP) is 3.99. The summed E-state index contributed by atoms with van der Waals surface area (Å²) in [6.07, 6.45) is 0. The molecule has 2 rings (SSSR count). The van der Waals surface area contributed by atoms with Gasteiger partial charge in [0, 0.05) is 13.1 Å². The Hall–Kier alpha value is -1.80. The normalized spacial score (nSPS) is 10.6. The summed E-state index contributed by atoms with van der Waals surface area (Å²) in [5.74, 6) is 0.943. The summed E-state index contributed by atoms with van der Waals surface area (Å²) >= 11 is 0. The van der Waals surface area contributed by atoms with E-state index in [1.807, 2.05) is 19.1 Å². The molecule has 0 aliphatic heterocycles. The van der Waals surface area contributed by atoms with Crippen LogP contribution in [0.2, 0.25) is 0 Å². The maximum Gasteiger partial charge on any atom is 0.119 e. The van der Waals surface area contributed by atoms with Gasteiger partial charge in [-0.15, -0.1) is 0 Å². The summed E-state index contributed by atoms with van der Waals surface area (Å²) in [5, 5.41) is 3.51. The molecule has 0 bridgehead atoms. The van der Waals surface area contributed by atoms with Crippen molar-refractivity contribution in [3.05, 3.63) is 64.7 Å². The predicted molar refractivity (Wildman–Crippen MR) is 84.1 cm³/mol. The Balaban J connectivity index is 1.94. The minimum absolute atomic E-state index is 0.708. The molecular weight excluding hydrogens is 246 g/mol. The molecule has 0 heterocycles. The molecule has 0 aliphatic carbocycles. The van der Waals surface area contributed by atoms with Gasteiger partial charge in [-0.2, -0.15) is 0 Å². The fourth-order valence-electron chi connectivity index (χ4n) is 2.37. The molecule has 0 atom stereocenters. The summed E-state index contributed by atoms with van der Waals surface area (Å²) in [7, 11) is 0. The first-order valence-corrected chi connectivity index (χ1v) is 7.18. The molecule has 2 nitrogen and oxygen atoms in total. The first-order valence-electron chi connectivity index (χ1n) is 7.18. The van der Waals surface area contributed by atoms with Gasteiger partial charge in [-0.05, 0) is 55.2 Å². The molecule has 0 unspecified atom stereocenters. The van der Waals surface area contributed by atoms with Crippen LogP contribution in [0, 0.1) is 13.8 Å². The van der Waals surface area contributed by atoms with Crippen LogP contribution in [-0.4, -0.2) is 6.61 Å². The molecule has 2 heteroatoms. The molecule has 0 amide bonds. The Morgan fingerprint density at radius 3 is 2.35 bits per heavy atom. The number of aryl methyl sites for hydroxylation is 2. The number of hydrogen-bond donors (Lipinski definition) is 1. The Morgan fingerprint density at radius 1 is 0.950 bits per heavy atom. The Kier molecular flexibility index (Phi) is 5.19. The van der Waals surface area contributed by atoms with Gasteiger partial charge in [-0.25, -0.2) is 0 Å². The minimum Gasteiger partial charge on any atom is -0.494 e. The van der Waals surface area contributed by atoms with Gasteiger partial charge in [0.25, 0.3) is 0 Å². The lowest BCUT2D eigenvalue weighted by Gasteiger charge is -2.11. The lowest BCUT2D eigenvalue weighted by molar-refractivity contribution is 0.340. The molecule has 0 spiro atoms. The van der Waals surface area contributed by atoms with E-state index in [2.05, 4.69) is 49.5 Å². The highest BCUT2D eigenvalue weighted by Gasteiger charge is 2.02. The maximum atomic E-state index is 5.52. The van der Waals surface area contributed by atoms with Gasteiger partial charge in [0.2, 0.25) is 0 Å². The van der Waals surface area contributed by atoms with Crippen molar-refractivity contribution >= 4 is 0 Å². The molecule has 1 N–H and O–H groups in total. The average molecular weight is 269 g/mol. The molecule has 0 radical (unpaired) electrons. The first kappa shape index (κ1) is 14.6. The van der Waals surface area contributed by atoms with Crippen molar-refractivity contribution in [2.24, 2.45) is 0 Å². The van der Waals surface area contributed by atoms with Crippen LogP contribution in [0.5, 0.6) is 5.75 Å². The topological polar surface area (TPSA) is 21.3 Å². The van der Waals surface area contributed by atoms with Gasteiger partial charge in [-0.1, -0.05) is 30.3 Å². The van der Waals surface area contributed by atoms with Crippen molar-refractivity contribution in [3.8, 4) is 5.75 Å². The van der Waals surface area contributed by atoms with E-state index in [1.165, 1.54) is 22.3 Å². The van der Waals surface area contributed by atoms with Gasteiger partial charge in [0.1, 0.15) is 5.75 Å². The molecule has 0 fully saturated rings. The standard InChI is InChI=1S/C18H23NO/c1-4-20-17-10-6-9-16(11-17)12-19-13-18-14(2)7-5-8-15(18)3/h5-11,19H,4,12-13H2,1-3H3. The van der Waals surface area contributed by atoms with Gasteiger partial charge >= 0.3 is 0 Å². The van der Waals surface area contributed by atoms with Gasteiger partial charge in [0.05, 0.1) is 6.61 Å². The minimum atomic E-state index is 0.708. The van der Waals surface area contributed by atoms with Gasteiger partial charge in [0.15, 0.2) is 0 Å². The quantitative estimate of drug-likeness (QED) is 0.856. The smallest absolute Gasteiger partial charge is 0.119 e. The highest BCUT2D eigenvalue weighted by atomic mass is 16.5. The Morgan fingerprint density at radius 2 is 1.65 bits per heavy atom. The third kappa shape index (κ3) is 3.84. The van der Waals surface area contributed by atoms with Crippen molar-refractivity contribution in [2.45, 2.75) is 33.9 Å². The molecule has 20 heavy (non-hydrogen) atoms. The maximum absolute atomic E-state index is 5.52. The van der Waals surface area contributed by atoms with E-state index in [4.69, 9.17) is 4.74 Å². The first-order chi connectivity index (χ1) is 9.70. The second-order valence-corrected chi connectivity index (χ2v) is 5.05. The van der Waals surface area contributed by atoms with Crippen LogP contribution in [0.25, 0.3) is 0 Å². The molecule has 0 aliphatic rings. The van der Waals surface area contributed by atoms with Crippen LogP contribution in [0.1, 0.15) is 29.2 Å². The van der Waals surface area contributed by atoms with Crippen molar-refractivity contribution in [1.29, 1.82) is 0 Å². The molecule has 2 aromatic rings. The second-order valence-electron chi connectivity index (χ2n) is 5.05. The summed E-state index contributed by atoms with van der Waals surface area (Å²) in [5.41, 5.74) is 5.34. The summed E-state index contributed by atoms with van der Waals surface area (Å²) in [4.78, 5) is 0. The van der Waals surface area contributed by atoms with Crippen LogP contribution in [0.4, 0.5) is 0 Å². The lowest BCUT2D eigenvalue weighted by Crippen LogP contribution is -2.14. The van der Waals surface area contributed by atoms with E-state index < -0.39 is 0 Å². The molecule has 0 saturated carbocycles. The van der Waals surface area contributed by atoms with E-state index in [-0.39, 0.29) is 0 Å². The Labute approximate surface area is 121 Å². The summed E-state index contributed by atoms with van der Waals surface area (Å²) < 4.78 is 5.52. The molecular formula is C18H23NO. The zero-order valence-electron chi connectivity index (χ0n) is 12.6. The zero-order valence-corrected chi connectivity index (χ0v) is 12.6. The molecule has 0 saturated heterocycles. The monoisotopic (exact) mass is 269 g/mol. The van der Waals surface area contributed by atoms with E-state index in [9.17, 15) is 0 Å². The number of nitrogens with one attached hydrogen (secondary N) is 1. The van der Waals surface area contributed by atoms with Crippen molar-refractivity contribution in [3.63, 3.8) is 0 Å². The third-order valence-corrected chi connectivity index (χ3v) is 3.48. The van der Waals surface area contributed by atoms with E-state index in [0.29, 0.717) is 6.61 Å². The van der Waals surface area contributed by atoms with Crippen LogP contribution in [0.15, 0.2) is 42.5 Å². The van der Waals surface area contributed by atoms with E-state index >= 15 is 0 Å². The van der Waals surface area contributed by atoms with Crippen LogP contribution < -0.4 is 10.1 Å². The lowest BCUT2D eigenvalue weighted by atomic mass is 10.0. The van der Waals surface area contributed by atoms with E-state index in [0.717, 1.165) is 18.8 Å². The fourth-order valence-corrected chi connectivity index (χ4v) is 2.37. The van der Waals surface area contributed by atoms with Crippen molar-refractivity contribution in [2.75, 3.05) is 6.61 Å². The molecule has 0 aromatic heterocycles. The number of ether oxygens (including phenoxy) is 1. The number of rotatable bonds is 6. The van der Waals surface area contributed by atoms with E-state index in [1.54, 1.807) is 0 Å². The fraction of sp³-hybridized carbons (Fsp3) is 0.333. The second kappa shape index (κ2) is 7.11. The van der Waals surface area contributed by atoms with Crippen LogP contribution in [0.3, 0.4) is 0 Å². The number of benzene rings is 2. The molecule has 2 aromatic carbocycles. The largest absolute Gasteiger partial charge is 0.494 e. The van der Waals surface area contributed by atoms with Crippen molar-refractivity contribution in [1.82, 2.24) is 5.32 Å².